The van der Waals surface area contributed by atoms with E-state index in [1.165, 1.54) is 0 Å². The zero-order valence-electron chi connectivity index (χ0n) is 12.3. The molecule has 1 aromatic carbocycles. The maximum absolute atomic E-state index is 12.3. The van der Waals surface area contributed by atoms with E-state index >= 15 is 0 Å². The highest BCUT2D eigenvalue weighted by Gasteiger charge is 2.15. The van der Waals surface area contributed by atoms with E-state index in [0.717, 1.165) is 5.57 Å². The number of benzene rings is 1. The molecule has 0 radical (unpaired) electrons. The van der Waals surface area contributed by atoms with Gasteiger partial charge >= 0.3 is 0 Å². The van der Waals surface area contributed by atoms with Gasteiger partial charge in [0, 0.05) is 17.7 Å². The summed E-state index contributed by atoms with van der Waals surface area (Å²) in [6.07, 6.45) is 8.05. The first-order valence-electron chi connectivity index (χ1n) is 7.27. The van der Waals surface area contributed by atoms with Gasteiger partial charge in [0.05, 0.1) is 6.42 Å². The van der Waals surface area contributed by atoms with E-state index in [0.29, 0.717) is 24.0 Å². The van der Waals surface area contributed by atoms with Crippen molar-refractivity contribution in [1.29, 1.82) is 0 Å². The second-order valence-electron chi connectivity index (χ2n) is 5.01. The fourth-order valence-corrected chi connectivity index (χ4v) is 2.15. The van der Waals surface area contributed by atoms with E-state index in [4.69, 9.17) is 5.11 Å². The molecule has 1 aliphatic carbocycles. The Morgan fingerprint density at radius 3 is 2.59 bits per heavy atom. The van der Waals surface area contributed by atoms with Crippen molar-refractivity contribution in [3.05, 3.63) is 77.1 Å². The third kappa shape index (κ3) is 4.52. The quantitative estimate of drug-likeness (QED) is 0.477. The summed E-state index contributed by atoms with van der Waals surface area (Å²) in [5, 5.41) is 8.89. The van der Waals surface area contributed by atoms with E-state index in [2.05, 4.69) is 5.73 Å². The smallest absolute Gasteiger partial charge is 0.170 e. The Labute approximate surface area is 130 Å². The summed E-state index contributed by atoms with van der Waals surface area (Å²) in [4.78, 5) is 24.4. The van der Waals surface area contributed by atoms with Crippen LogP contribution in [-0.2, 0) is 4.79 Å². The lowest BCUT2D eigenvalue weighted by Crippen LogP contribution is -2.09. The van der Waals surface area contributed by atoms with Crippen LogP contribution in [0.1, 0.15) is 29.6 Å². The Bertz CT molecular complexity index is 672. The third-order valence-corrected chi connectivity index (χ3v) is 3.31. The number of allylic oxidation sites excluding steroid dienone is 5. The lowest BCUT2D eigenvalue weighted by atomic mass is 9.99. The van der Waals surface area contributed by atoms with Gasteiger partial charge in [-0.25, -0.2) is 0 Å². The Balaban J connectivity index is 2.07. The van der Waals surface area contributed by atoms with E-state index in [1.807, 2.05) is 6.07 Å². The molecule has 2 rings (SSSR count). The standard InChI is InChI=1S/C19H18O3/c20-12-6-8-15-7-4-5-11-17(13-15)19(22)14-18(21)16-9-2-1-3-10-16/h1-5,9-11,13,20H,6,8,12,14H2. The molecule has 112 valence electrons. The summed E-state index contributed by atoms with van der Waals surface area (Å²) >= 11 is 0. The van der Waals surface area contributed by atoms with Crippen molar-refractivity contribution in [2.24, 2.45) is 0 Å². The van der Waals surface area contributed by atoms with Gasteiger partial charge in [0.1, 0.15) is 0 Å². The van der Waals surface area contributed by atoms with Crippen LogP contribution in [0, 0.1) is 0 Å². The van der Waals surface area contributed by atoms with Crippen molar-refractivity contribution >= 4 is 11.6 Å². The Hall–Kier alpha value is -2.48. The van der Waals surface area contributed by atoms with Crippen molar-refractivity contribution in [2.45, 2.75) is 19.3 Å². The molecule has 0 spiro atoms. The van der Waals surface area contributed by atoms with Crippen LogP contribution in [0.25, 0.3) is 0 Å². The fraction of sp³-hybridized carbons (Fsp3) is 0.211. The van der Waals surface area contributed by atoms with Crippen LogP contribution in [0.2, 0.25) is 0 Å². The van der Waals surface area contributed by atoms with Crippen LogP contribution in [0.4, 0.5) is 0 Å². The normalized spacial score (nSPS) is 13.3. The van der Waals surface area contributed by atoms with Crippen LogP contribution in [0.3, 0.4) is 0 Å². The minimum atomic E-state index is -0.205. The molecule has 0 amide bonds. The predicted octanol–water partition coefficient (Wildman–Crippen LogP) is 3.18. The number of rotatable bonds is 7. The molecule has 0 atom stereocenters. The van der Waals surface area contributed by atoms with Crippen LogP contribution in [0.5, 0.6) is 0 Å². The molecule has 1 aromatic rings. The van der Waals surface area contributed by atoms with Gasteiger partial charge in [0.15, 0.2) is 11.6 Å². The maximum Gasteiger partial charge on any atom is 0.170 e. The first-order chi connectivity index (χ1) is 10.7. The number of carbonyl (C=O) groups is 2. The number of hydrogen-bond acceptors (Lipinski definition) is 3. The summed E-state index contributed by atoms with van der Waals surface area (Å²) in [6.45, 7) is 0.0994. The van der Waals surface area contributed by atoms with Gasteiger partial charge in [-0.3, -0.25) is 9.59 Å². The average molecular weight is 294 g/mol. The molecule has 1 N–H and O–H groups in total. The zero-order chi connectivity index (χ0) is 15.8. The van der Waals surface area contributed by atoms with Crippen LogP contribution in [-0.4, -0.2) is 23.3 Å². The molecule has 0 aromatic heterocycles. The summed E-state index contributed by atoms with van der Waals surface area (Å²) in [5.41, 5.74) is 4.97. The lowest BCUT2D eigenvalue weighted by Gasteiger charge is -2.03. The van der Waals surface area contributed by atoms with Crippen molar-refractivity contribution in [3.63, 3.8) is 0 Å². The molecule has 0 saturated heterocycles. The Kier molecular flexibility index (Phi) is 5.84. The van der Waals surface area contributed by atoms with E-state index < -0.39 is 0 Å². The summed E-state index contributed by atoms with van der Waals surface area (Å²) in [5.74, 6) is -0.387. The van der Waals surface area contributed by atoms with E-state index in [-0.39, 0.29) is 24.6 Å². The molecule has 0 aliphatic heterocycles. The fourth-order valence-electron chi connectivity index (χ4n) is 2.15. The van der Waals surface area contributed by atoms with Crippen molar-refractivity contribution in [3.8, 4) is 0 Å². The topological polar surface area (TPSA) is 54.4 Å². The second-order valence-corrected chi connectivity index (χ2v) is 5.01. The highest BCUT2D eigenvalue weighted by molar-refractivity contribution is 6.14. The highest BCUT2D eigenvalue weighted by Crippen LogP contribution is 2.15. The van der Waals surface area contributed by atoms with Crippen molar-refractivity contribution in [1.82, 2.24) is 0 Å². The van der Waals surface area contributed by atoms with Gasteiger partial charge in [-0.15, -0.1) is 5.73 Å². The zero-order valence-corrected chi connectivity index (χ0v) is 12.3. The highest BCUT2D eigenvalue weighted by atomic mass is 16.2. The van der Waals surface area contributed by atoms with Gasteiger partial charge in [0.25, 0.3) is 0 Å². The maximum atomic E-state index is 12.3. The van der Waals surface area contributed by atoms with Gasteiger partial charge < -0.3 is 5.11 Å². The predicted molar refractivity (Wildman–Crippen MR) is 85.5 cm³/mol. The first-order valence-corrected chi connectivity index (χ1v) is 7.27. The number of hydrogen-bond donors (Lipinski definition) is 1. The van der Waals surface area contributed by atoms with E-state index in [1.54, 1.807) is 48.6 Å². The minimum absolute atomic E-state index is 0.0994. The van der Waals surface area contributed by atoms with Gasteiger partial charge in [-0.05, 0) is 30.6 Å². The summed E-state index contributed by atoms with van der Waals surface area (Å²) in [6, 6.07) is 8.81. The van der Waals surface area contributed by atoms with Crippen molar-refractivity contribution in [2.75, 3.05) is 6.61 Å². The Morgan fingerprint density at radius 1 is 1.09 bits per heavy atom. The minimum Gasteiger partial charge on any atom is -0.396 e. The molecule has 3 nitrogen and oxygen atoms in total. The molecule has 0 heterocycles. The second kappa shape index (κ2) is 8.08. The lowest BCUT2D eigenvalue weighted by molar-refractivity contribution is -0.114. The van der Waals surface area contributed by atoms with Crippen LogP contribution < -0.4 is 0 Å². The van der Waals surface area contributed by atoms with Crippen LogP contribution in [0.15, 0.2) is 71.5 Å². The molecule has 0 unspecified atom stereocenters. The molecule has 22 heavy (non-hydrogen) atoms. The van der Waals surface area contributed by atoms with E-state index in [9.17, 15) is 9.59 Å². The number of aliphatic hydroxyl groups excluding tert-OH is 1. The van der Waals surface area contributed by atoms with Crippen LogP contribution >= 0.6 is 0 Å². The van der Waals surface area contributed by atoms with Gasteiger partial charge in [-0.1, -0.05) is 42.5 Å². The monoisotopic (exact) mass is 294 g/mol. The summed E-state index contributed by atoms with van der Waals surface area (Å²) < 4.78 is 0. The van der Waals surface area contributed by atoms with Crippen molar-refractivity contribution < 1.29 is 14.7 Å². The largest absolute Gasteiger partial charge is 0.396 e. The molecular formula is C19H18O3. The molecular weight excluding hydrogens is 276 g/mol. The number of carbonyl (C=O) groups excluding carboxylic acids is 2. The SMILES string of the molecule is O=C(CC(=O)c1ccccc1)C1=CC(CCCO)=C=CC=C1. The molecule has 0 bridgehead atoms. The molecule has 0 fully saturated rings. The number of Topliss-reactive ketones (excluding diaryl/α,β-unsaturated/α-hetero) is 2. The Morgan fingerprint density at radius 2 is 1.86 bits per heavy atom. The summed E-state index contributed by atoms with van der Waals surface area (Å²) in [7, 11) is 0. The third-order valence-electron chi connectivity index (χ3n) is 3.31. The average Bonchev–Trinajstić information content (AvgIpc) is 2.79. The molecule has 0 saturated carbocycles. The molecule has 3 heteroatoms. The van der Waals surface area contributed by atoms with Gasteiger partial charge in [0.2, 0.25) is 0 Å². The first kappa shape index (κ1) is 15.9. The van der Waals surface area contributed by atoms with Gasteiger partial charge in [-0.2, -0.15) is 0 Å². The number of ketones is 2. The number of aliphatic hydroxyl groups is 1. The molecule has 1 aliphatic rings.